The molecule has 0 N–H and O–H groups in total. The van der Waals surface area contributed by atoms with Crippen LogP contribution in [0.3, 0.4) is 0 Å². The first kappa shape index (κ1) is 15.9. The van der Waals surface area contributed by atoms with E-state index < -0.39 is 0 Å². The predicted molar refractivity (Wildman–Crippen MR) is 87.3 cm³/mol. The summed E-state index contributed by atoms with van der Waals surface area (Å²) in [6, 6.07) is 0.539. The third-order valence-electron chi connectivity index (χ3n) is 5.55. The predicted octanol–water partition coefficient (Wildman–Crippen LogP) is 2.05. The van der Waals surface area contributed by atoms with Crippen molar-refractivity contribution in [3.63, 3.8) is 0 Å². The topological polar surface area (TPSA) is 15.7 Å². The molecule has 0 spiro atoms. The lowest BCUT2D eigenvalue weighted by atomic mass is 9.90. The molecule has 5 heteroatoms. The van der Waals surface area contributed by atoms with Crippen molar-refractivity contribution in [2.45, 2.75) is 76.0 Å². The highest BCUT2D eigenvalue weighted by Gasteiger charge is 2.31. The van der Waals surface area contributed by atoms with E-state index in [0.717, 1.165) is 32.0 Å². The summed E-state index contributed by atoms with van der Waals surface area (Å²) in [5.41, 5.74) is 0. The van der Waals surface area contributed by atoms with Gasteiger partial charge in [-0.1, -0.05) is 6.42 Å². The highest BCUT2D eigenvalue weighted by molar-refractivity contribution is 6.04. The first-order chi connectivity index (χ1) is 10.2. The molecular weight excluding hydrogens is 258 g/mol. The SMILES string of the molecule is [B]N1CCCC(CC2CCC(CC3CCCCN3[B])O2)C1. The Bertz CT molecular complexity index is 331. The van der Waals surface area contributed by atoms with Crippen LogP contribution in [0.15, 0.2) is 0 Å². The normalized spacial score (nSPS) is 39.6. The van der Waals surface area contributed by atoms with Crippen molar-refractivity contribution in [3.8, 4) is 0 Å². The van der Waals surface area contributed by atoms with Gasteiger partial charge in [-0.3, -0.25) is 0 Å². The summed E-state index contributed by atoms with van der Waals surface area (Å²) in [5, 5.41) is 0. The van der Waals surface area contributed by atoms with Gasteiger partial charge in [-0.15, -0.1) is 0 Å². The van der Waals surface area contributed by atoms with Gasteiger partial charge in [0, 0.05) is 6.04 Å². The molecule has 0 aromatic heterocycles. The number of nitrogens with zero attached hydrogens (tertiary/aromatic N) is 2. The molecule has 3 fully saturated rings. The van der Waals surface area contributed by atoms with Gasteiger partial charge in [0.1, 0.15) is 0 Å². The number of hydrogen-bond donors (Lipinski definition) is 0. The van der Waals surface area contributed by atoms with E-state index in [9.17, 15) is 0 Å². The molecule has 0 aromatic carbocycles. The zero-order valence-corrected chi connectivity index (χ0v) is 13.3. The van der Waals surface area contributed by atoms with Gasteiger partial charge in [-0.05, 0) is 76.9 Å². The maximum atomic E-state index is 6.31. The van der Waals surface area contributed by atoms with Gasteiger partial charge in [-0.2, -0.15) is 0 Å². The number of hydrogen-bond acceptors (Lipinski definition) is 3. The molecule has 4 radical (unpaired) electrons. The van der Waals surface area contributed by atoms with Gasteiger partial charge in [0.25, 0.3) is 0 Å². The van der Waals surface area contributed by atoms with E-state index in [4.69, 9.17) is 20.7 Å². The zero-order chi connectivity index (χ0) is 14.7. The number of piperidine rings is 2. The third-order valence-corrected chi connectivity index (χ3v) is 5.55. The summed E-state index contributed by atoms with van der Waals surface area (Å²) < 4.78 is 6.31. The standard InChI is InChI=1S/C16H28B2N2O/c17-19-8-3-4-13(12-19)10-15-6-7-16(21-15)11-14-5-1-2-9-20(14)18/h13-16H,1-12H2. The van der Waals surface area contributed by atoms with Crippen LogP contribution in [-0.4, -0.2) is 63.5 Å². The Morgan fingerprint density at radius 1 is 0.857 bits per heavy atom. The molecule has 3 aliphatic heterocycles. The maximum Gasteiger partial charge on any atom is 0.182 e. The molecule has 0 bridgehead atoms. The summed E-state index contributed by atoms with van der Waals surface area (Å²) in [5.74, 6) is 0.730. The Morgan fingerprint density at radius 3 is 2.43 bits per heavy atom. The molecule has 3 saturated heterocycles. The van der Waals surface area contributed by atoms with E-state index in [0.29, 0.717) is 18.2 Å². The molecule has 0 amide bonds. The van der Waals surface area contributed by atoms with Crippen molar-refractivity contribution in [2.75, 3.05) is 19.6 Å². The van der Waals surface area contributed by atoms with Gasteiger partial charge in [-0.25, -0.2) is 0 Å². The summed E-state index contributed by atoms with van der Waals surface area (Å²) in [6.07, 6.45) is 12.0. The van der Waals surface area contributed by atoms with Gasteiger partial charge in [0.15, 0.2) is 16.0 Å². The Kier molecular flexibility index (Phi) is 5.69. The van der Waals surface area contributed by atoms with Crippen molar-refractivity contribution in [1.82, 2.24) is 9.62 Å². The molecule has 0 aromatic rings. The van der Waals surface area contributed by atoms with Crippen molar-refractivity contribution < 1.29 is 4.74 Å². The minimum absolute atomic E-state index is 0.432. The van der Waals surface area contributed by atoms with Gasteiger partial charge >= 0.3 is 0 Å². The maximum absolute atomic E-state index is 6.31. The second-order valence-corrected chi connectivity index (χ2v) is 7.32. The minimum atomic E-state index is 0.432. The van der Waals surface area contributed by atoms with Gasteiger partial charge in [0.05, 0.1) is 12.2 Å². The monoisotopic (exact) mass is 286 g/mol. The molecular formula is C16H28B2N2O. The van der Waals surface area contributed by atoms with Crippen molar-refractivity contribution in [2.24, 2.45) is 5.92 Å². The molecule has 0 saturated carbocycles. The van der Waals surface area contributed by atoms with E-state index in [2.05, 4.69) is 0 Å². The zero-order valence-electron chi connectivity index (χ0n) is 13.3. The van der Waals surface area contributed by atoms with E-state index in [1.54, 1.807) is 0 Å². The fraction of sp³-hybridized carbons (Fsp3) is 1.00. The van der Waals surface area contributed by atoms with E-state index in [-0.39, 0.29) is 0 Å². The molecule has 3 aliphatic rings. The number of rotatable bonds is 4. The second-order valence-electron chi connectivity index (χ2n) is 7.32. The van der Waals surface area contributed by atoms with Crippen LogP contribution in [0.4, 0.5) is 0 Å². The Morgan fingerprint density at radius 2 is 1.67 bits per heavy atom. The molecule has 3 rings (SSSR count). The van der Waals surface area contributed by atoms with Crippen LogP contribution in [0.1, 0.15) is 57.8 Å². The fourth-order valence-electron chi connectivity index (χ4n) is 4.37. The molecule has 3 heterocycles. The van der Waals surface area contributed by atoms with E-state index >= 15 is 0 Å². The van der Waals surface area contributed by atoms with Crippen LogP contribution in [0, 0.1) is 5.92 Å². The van der Waals surface area contributed by atoms with Crippen LogP contribution in [0.5, 0.6) is 0 Å². The molecule has 21 heavy (non-hydrogen) atoms. The average molecular weight is 286 g/mol. The van der Waals surface area contributed by atoms with Crippen LogP contribution in [-0.2, 0) is 4.74 Å². The third kappa shape index (κ3) is 4.49. The Balaban J connectivity index is 1.40. The van der Waals surface area contributed by atoms with Crippen LogP contribution >= 0.6 is 0 Å². The van der Waals surface area contributed by atoms with E-state index in [1.807, 2.05) is 9.62 Å². The largest absolute Gasteiger partial charge is 0.375 e. The smallest absolute Gasteiger partial charge is 0.182 e. The van der Waals surface area contributed by atoms with Crippen LogP contribution < -0.4 is 0 Å². The summed E-state index contributed by atoms with van der Waals surface area (Å²) in [7, 11) is 12.1. The lowest BCUT2D eigenvalue weighted by molar-refractivity contribution is 0.0108. The van der Waals surface area contributed by atoms with Crippen LogP contribution in [0.25, 0.3) is 0 Å². The van der Waals surface area contributed by atoms with Crippen LogP contribution in [0.2, 0.25) is 0 Å². The highest BCUT2D eigenvalue weighted by Crippen LogP contribution is 2.32. The lowest BCUT2D eigenvalue weighted by Gasteiger charge is -2.35. The van der Waals surface area contributed by atoms with Gasteiger partial charge in [0.2, 0.25) is 0 Å². The molecule has 3 nitrogen and oxygen atoms in total. The molecule has 0 aliphatic carbocycles. The quantitative estimate of drug-likeness (QED) is 0.736. The summed E-state index contributed by atoms with van der Waals surface area (Å²) >= 11 is 0. The molecule has 4 atom stereocenters. The molecule has 114 valence electrons. The summed E-state index contributed by atoms with van der Waals surface area (Å²) in [6.45, 7) is 3.15. The fourth-order valence-corrected chi connectivity index (χ4v) is 4.37. The van der Waals surface area contributed by atoms with Crippen molar-refractivity contribution in [3.05, 3.63) is 0 Å². The first-order valence-electron chi connectivity index (χ1n) is 8.87. The summed E-state index contributed by atoms with van der Waals surface area (Å²) in [4.78, 5) is 4.03. The van der Waals surface area contributed by atoms with Gasteiger partial charge < -0.3 is 14.4 Å². The Hall–Kier alpha value is 0.00987. The number of ether oxygens (including phenoxy) is 1. The van der Waals surface area contributed by atoms with Crippen molar-refractivity contribution in [1.29, 1.82) is 0 Å². The van der Waals surface area contributed by atoms with E-state index in [1.165, 1.54) is 51.4 Å². The second kappa shape index (κ2) is 7.52. The minimum Gasteiger partial charge on any atom is -0.375 e. The highest BCUT2D eigenvalue weighted by atomic mass is 16.5. The van der Waals surface area contributed by atoms with Crippen molar-refractivity contribution >= 4 is 16.0 Å². The first-order valence-corrected chi connectivity index (χ1v) is 8.87. The lowest BCUT2D eigenvalue weighted by Crippen LogP contribution is -2.39. The average Bonchev–Trinajstić information content (AvgIpc) is 2.89. The Labute approximate surface area is 132 Å². The molecule has 4 unspecified atom stereocenters.